The van der Waals surface area contributed by atoms with Gasteiger partial charge in [-0.25, -0.2) is 18.4 Å². The number of hydrogen-bond donors (Lipinski definition) is 3. The Balaban J connectivity index is 1.62. The molecule has 0 radical (unpaired) electrons. The van der Waals surface area contributed by atoms with Crippen molar-refractivity contribution in [2.75, 3.05) is 30.8 Å². The van der Waals surface area contributed by atoms with Crippen molar-refractivity contribution in [3.05, 3.63) is 77.3 Å². The summed E-state index contributed by atoms with van der Waals surface area (Å²) in [5, 5.41) is 6.57. The molecular weight excluding hydrogens is 530 g/mol. The summed E-state index contributed by atoms with van der Waals surface area (Å²) in [6.45, 7) is 0.772. The minimum Gasteiger partial charge on any atom is -0.497 e. The van der Waals surface area contributed by atoms with Crippen LogP contribution < -0.4 is 20.1 Å². The Bertz CT molecular complexity index is 1570. The van der Waals surface area contributed by atoms with Crippen molar-refractivity contribution in [1.29, 1.82) is 0 Å². The number of fused-ring (bicyclic) bond motifs is 1. The highest BCUT2D eigenvalue weighted by Gasteiger charge is 2.20. The minimum absolute atomic E-state index is 0.00388. The van der Waals surface area contributed by atoms with Crippen LogP contribution in [0.25, 0.3) is 11.0 Å². The van der Waals surface area contributed by atoms with Gasteiger partial charge in [0.25, 0.3) is 10.0 Å². The smallest absolute Gasteiger partial charge is 0.306 e. The van der Waals surface area contributed by atoms with Gasteiger partial charge in [0.2, 0.25) is 0 Å². The first-order chi connectivity index (χ1) is 18.3. The van der Waals surface area contributed by atoms with E-state index in [2.05, 4.69) is 30.1 Å². The second kappa shape index (κ2) is 12.1. The number of para-hydroxylation sites is 2. The van der Waals surface area contributed by atoms with Crippen molar-refractivity contribution in [2.45, 2.75) is 17.9 Å². The van der Waals surface area contributed by atoms with Crippen molar-refractivity contribution in [1.82, 2.24) is 15.3 Å². The lowest BCUT2D eigenvalue weighted by atomic mass is 10.2. The Morgan fingerprint density at radius 3 is 2.39 bits per heavy atom. The van der Waals surface area contributed by atoms with Crippen LogP contribution in [0.1, 0.15) is 12.0 Å². The fourth-order valence-electron chi connectivity index (χ4n) is 3.55. The fourth-order valence-corrected chi connectivity index (χ4v) is 4.79. The molecule has 0 aliphatic carbocycles. The zero-order chi connectivity index (χ0) is 27.1. The molecule has 12 heteroatoms. The predicted molar refractivity (Wildman–Crippen MR) is 146 cm³/mol. The normalized spacial score (nSPS) is 11.2. The summed E-state index contributed by atoms with van der Waals surface area (Å²) >= 11 is 6.36. The lowest BCUT2D eigenvalue weighted by Gasteiger charge is -2.15. The van der Waals surface area contributed by atoms with E-state index in [0.717, 1.165) is 5.56 Å². The second-order valence-corrected chi connectivity index (χ2v) is 10.2. The SMILES string of the molecule is COC(=O)CCNCc1cccc(S(=O)(=O)Nc2nc3ccccc3nc2Nc2cc(OC)ccc2Cl)c1. The molecule has 0 unspecified atom stereocenters. The standard InChI is InChI=1S/C26H26ClN5O5S/c1-36-18-10-11-20(27)23(15-18)31-25-26(30-22-9-4-3-8-21(22)29-25)32-38(34,35)19-7-5-6-17(14-19)16-28-13-12-24(33)37-2/h3-11,14-15,28H,12-13,16H2,1-2H3,(H,29,31)(H,30,32). The summed E-state index contributed by atoms with van der Waals surface area (Å²) in [6.07, 6.45) is 0.212. The Hall–Kier alpha value is -3.93. The topological polar surface area (TPSA) is 132 Å². The molecule has 4 aromatic rings. The van der Waals surface area contributed by atoms with E-state index < -0.39 is 10.0 Å². The van der Waals surface area contributed by atoms with Crippen LogP contribution in [0.3, 0.4) is 0 Å². The number of benzene rings is 3. The van der Waals surface area contributed by atoms with E-state index in [1.54, 1.807) is 54.6 Å². The van der Waals surface area contributed by atoms with Crippen LogP contribution in [0.15, 0.2) is 71.6 Å². The zero-order valence-corrected chi connectivity index (χ0v) is 22.3. The minimum atomic E-state index is -4.04. The van der Waals surface area contributed by atoms with Gasteiger partial charge in [-0.05, 0) is 42.0 Å². The van der Waals surface area contributed by atoms with Crippen LogP contribution in [0.2, 0.25) is 5.02 Å². The number of ether oxygens (including phenoxy) is 2. The summed E-state index contributed by atoms with van der Waals surface area (Å²) in [5.74, 6) is 0.409. The number of nitrogens with one attached hydrogen (secondary N) is 3. The first kappa shape index (κ1) is 27.1. The number of methoxy groups -OCH3 is 2. The van der Waals surface area contributed by atoms with Crippen molar-refractivity contribution in [3.63, 3.8) is 0 Å². The highest BCUT2D eigenvalue weighted by Crippen LogP contribution is 2.32. The first-order valence-corrected chi connectivity index (χ1v) is 13.4. The van der Waals surface area contributed by atoms with E-state index in [9.17, 15) is 13.2 Å². The average Bonchev–Trinajstić information content (AvgIpc) is 2.92. The van der Waals surface area contributed by atoms with Crippen molar-refractivity contribution in [2.24, 2.45) is 0 Å². The Morgan fingerprint density at radius 1 is 0.947 bits per heavy atom. The van der Waals surface area contributed by atoms with Gasteiger partial charge < -0.3 is 20.1 Å². The van der Waals surface area contributed by atoms with E-state index in [1.807, 2.05) is 6.07 Å². The van der Waals surface area contributed by atoms with Gasteiger partial charge in [-0.1, -0.05) is 35.9 Å². The monoisotopic (exact) mass is 555 g/mol. The molecule has 1 aromatic heterocycles. The molecule has 3 N–H and O–H groups in total. The maximum atomic E-state index is 13.4. The number of halogens is 1. The van der Waals surface area contributed by atoms with Gasteiger partial charge in [-0.15, -0.1) is 0 Å². The van der Waals surface area contributed by atoms with Gasteiger partial charge in [0.05, 0.1) is 47.3 Å². The summed E-state index contributed by atoms with van der Waals surface area (Å²) in [4.78, 5) is 20.4. The fraction of sp³-hybridized carbons (Fsp3) is 0.192. The third kappa shape index (κ3) is 6.68. The number of carbonyl (C=O) groups excluding carboxylic acids is 1. The quantitative estimate of drug-likeness (QED) is 0.181. The third-order valence-electron chi connectivity index (χ3n) is 5.50. The molecule has 0 aliphatic rings. The number of nitrogens with zero attached hydrogens (tertiary/aromatic N) is 2. The van der Waals surface area contributed by atoms with Gasteiger partial charge in [0.15, 0.2) is 11.6 Å². The van der Waals surface area contributed by atoms with Gasteiger partial charge in [-0.3, -0.25) is 9.52 Å². The maximum absolute atomic E-state index is 13.4. The number of aromatic nitrogens is 2. The number of rotatable bonds is 11. The van der Waals surface area contributed by atoms with Crippen LogP contribution in [0.5, 0.6) is 5.75 Å². The van der Waals surface area contributed by atoms with Crippen LogP contribution in [0.4, 0.5) is 17.3 Å². The molecule has 1 heterocycles. The van der Waals surface area contributed by atoms with Crippen molar-refractivity contribution in [3.8, 4) is 5.75 Å². The summed E-state index contributed by atoms with van der Waals surface area (Å²) in [5.41, 5.74) is 2.27. The molecule has 0 fully saturated rings. The molecule has 0 saturated heterocycles. The second-order valence-electron chi connectivity index (χ2n) is 8.14. The van der Waals surface area contributed by atoms with E-state index >= 15 is 0 Å². The summed E-state index contributed by atoms with van der Waals surface area (Å²) in [7, 11) is -1.18. The third-order valence-corrected chi connectivity index (χ3v) is 7.17. The first-order valence-electron chi connectivity index (χ1n) is 11.6. The molecule has 3 aromatic carbocycles. The molecule has 38 heavy (non-hydrogen) atoms. The highest BCUT2D eigenvalue weighted by atomic mass is 35.5. The lowest BCUT2D eigenvalue weighted by Crippen LogP contribution is -2.19. The predicted octanol–water partition coefficient (Wildman–Crippen LogP) is 4.49. The molecule has 0 spiro atoms. The largest absolute Gasteiger partial charge is 0.497 e. The maximum Gasteiger partial charge on any atom is 0.306 e. The van der Waals surface area contributed by atoms with Crippen molar-refractivity contribution >= 4 is 56.0 Å². The van der Waals surface area contributed by atoms with Crippen LogP contribution in [0, 0.1) is 0 Å². The van der Waals surface area contributed by atoms with Gasteiger partial charge in [0, 0.05) is 19.2 Å². The van der Waals surface area contributed by atoms with Gasteiger partial charge in [-0.2, -0.15) is 0 Å². The van der Waals surface area contributed by atoms with E-state index in [4.69, 9.17) is 16.3 Å². The van der Waals surface area contributed by atoms with E-state index in [1.165, 1.54) is 20.3 Å². The molecule has 198 valence electrons. The molecule has 0 saturated carbocycles. The Morgan fingerprint density at radius 2 is 1.68 bits per heavy atom. The Labute approximate surface area is 225 Å². The lowest BCUT2D eigenvalue weighted by molar-refractivity contribution is -0.140. The molecule has 10 nitrogen and oxygen atoms in total. The molecule has 0 aliphatic heterocycles. The van der Waals surface area contributed by atoms with E-state index in [0.29, 0.717) is 40.6 Å². The summed E-state index contributed by atoms with van der Waals surface area (Å²) in [6, 6.07) is 18.6. The number of carbonyl (C=O) groups is 1. The number of hydrogen-bond acceptors (Lipinski definition) is 9. The van der Waals surface area contributed by atoms with Crippen LogP contribution in [-0.2, 0) is 26.1 Å². The number of anilines is 3. The number of sulfonamides is 1. The molecular formula is C26H26ClN5O5S. The van der Waals surface area contributed by atoms with Gasteiger partial charge in [0.1, 0.15) is 5.75 Å². The number of esters is 1. The molecule has 0 atom stereocenters. The Kier molecular flexibility index (Phi) is 8.62. The van der Waals surface area contributed by atoms with Gasteiger partial charge >= 0.3 is 5.97 Å². The highest BCUT2D eigenvalue weighted by molar-refractivity contribution is 7.92. The van der Waals surface area contributed by atoms with Crippen molar-refractivity contribution < 1.29 is 22.7 Å². The molecule has 0 amide bonds. The summed E-state index contributed by atoms with van der Waals surface area (Å²) < 4.78 is 39.2. The van der Waals surface area contributed by atoms with E-state index in [-0.39, 0.29) is 28.9 Å². The zero-order valence-electron chi connectivity index (χ0n) is 20.7. The molecule has 0 bridgehead atoms. The average molecular weight is 556 g/mol. The van der Waals surface area contributed by atoms with Crippen LogP contribution in [-0.4, -0.2) is 45.1 Å². The molecule has 4 rings (SSSR count). The van der Waals surface area contributed by atoms with Crippen LogP contribution >= 0.6 is 11.6 Å².